The van der Waals surface area contributed by atoms with Crippen molar-refractivity contribution in [3.05, 3.63) is 99.7 Å². The molecular formula is C29H26ClN3O5. The summed E-state index contributed by atoms with van der Waals surface area (Å²) in [6, 6.07) is 18.2. The van der Waals surface area contributed by atoms with Gasteiger partial charge in [-0.1, -0.05) is 23.7 Å². The van der Waals surface area contributed by atoms with E-state index < -0.39 is 23.7 Å². The number of benzene rings is 3. The standard InChI is InChI=1S/C29H26ClN3O5/c1-16(2)38-29(37)20-6-5-7-22(15-20)32-26(34)19-8-10-21(11-9-19)31-25-24(30)27(35)33(28(25)36)23-13-17(3)12-18(4)14-23/h5-16,31H,1-4H3,(H,32,34). The molecule has 0 bridgehead atoms. The highest BCUT2D eigenvalue weighted by atomic mass is 35.5. The van der Waals surface area contributed by atoms with Gasteiger partial charge in [0.1, 0.15) is 10.7 Å². The molecule has 0 saturated heterocycles. The average molecular weight is 532 g/mol. The highest BCUT2D eigenvalue weighted by Gasteiger charge is 2.39. The van der Waals surface area contributed by atoms with Crippen LogP contribution >= 0.6 is 11.6 Å². The van der Waals surface area contributed by atoms with Crippen molar-refractivity contribution in [2.45, 2.75) is 33.8 Å². The summed E-state index contributed by atoms with van der Waals surface area (Å²) in [5.41, 5.74) is 3.80. The van der Waals surface area contributed by atoms with Crippen molar-refractivity contribution in [2.24, 2.45) is 0 Å². The molecule has 1 aliphatic heterocycles. The SMILES string of the molecule is Cc1cc(C)cc(N2C(=O)C(Cl)=C(Nc3ccc(C(=O)Nc4cccc(C(=O)OC(C)C)c4)cc3)C2=O)c1. The van der Waals surface area contributed by atoms with Crippen LogP contribution in [0.25, 0.3) is 0 Å². The predicted octanol–water partition coefficient (Wildman–Crippen LogP) is 5.56. The first kappa shape index (κ1) is 26.6. The molecule has 0 atom stereocenters. The van der Waals surface area contributed by atoms with Crippen LogP contribution in [0.4, 0.5) is 17.1 Å². The van der Waals surface area contributed by atoms with Gasteiger partial charge in [0.25, 0.3) is 17.7 Å². The van der Waals surface area contributed by atoms with Crippen LogP contribution in [0.3, 0.4) is 0 Å². The number of aryl methyl sites for hydroxylation is 2. The Hall–Kier alpha value is -4.43. The summed E-state index contributed by atoms with van der Waals surface area (Å²) in [4.78, 5) is 51.8. The van der Waals surface area contributed by atoms with E-state index in [1.54, 1.807) is 68.4 Å². The average Bonchev–Trinajstić information content (AvgIpc) is 3.06. The number of esters is 1. The summed E-state index contributed by atoms with van der Waals surface area (Å²) in [5, 5.41) is 5.44. The fourth-order valence-electron chi connectivity index (χ4n) is 3.98. The molecular weight excluding hydrogens is 506 g/mol. The van der Waals surface area contributed by atoms with Crippen molar-refractivity contribution in [1.29, 1.82) is 0 Å². The minimum atomic E-state index is -0.611. The Morgan fingerprint density at radius 2 is 1.50 bits per heavy atom. The summed E-state index contributed by atoms with van der Waals surface area (Å²) >= 11 is 6.24. The van der Waals surface area contributed by atoms with Crippen LogP contribution in [0, 0.1) is 13.8 Å². The van der Waals surface area contributed by atoms with Gasteiger partial charge in [0.05, 0.1) is 17.4 Å². The van der Waals surface area contributed by atoms with E-state index in [1.807, 2.05) is 19.9 Å². The molecule has 3 aromatic rings. The van der Waals surface area contributed by atoms with E-state index in [1.165, 1.54) is 6.07 Å². The zero-order chi connectivity index (χ0) is 27.6. The summed E-state index contributed by atoms with van der Waals surface area (Å²) in [6.45, 7) is 7.28. The molecule has 3 aromatic carbocycles. The van der Waals surface area contributed by atoms with Crippen LogP contribution in [0.5, 0.6) is 0 Å². The van der Waals surface area contributed by atoms with Crippen molar-refractivity contribution in [1.82, 2.24) is 0 Å². The second-order valence-corrected chi connectivity index (χ2v) is 9.55. The third-order valence-corrected chi connectivity index (χ3v) is 5.96. The third-order valence-electron chi connectivity index (χ3n) is 5.61. The van der Waals surface area contributed by atoms with Gasteiger partial charge in [-0.2, -0.15) is 0 Å². The Morgan fingerprint density at radius 1 is 0.842 bits per heavy atom. The lowest BCUT2D eigenvalue weighted by Gasteiger charge is -2.16. The van der Waals surface area contributed by atoms with Crippen molar-refractivity contribution >= 4 is 52.4 Å². The number of imide groups is 1. The van der Waals surface area contributed by atoms with Crippen LogP contribution < -0.4 is 15.5 Å². The van der Waals surface area contributed by atoms with Gasteiger partial charge in [0.15, 0.2) is 0 Å². The fraction of sp³-hybridized carbons (Fsp3) is 0.172. The van der Waals surface area contributed by atoms with Crippen molar-refractivity contribution in [3.63, 3.8) is 0 Å². The lowest BCUT2D eigenvalue weighted by atomic mass is 10.1. The number of ether oxygens (including phenoxy) is 1. The van der Waals surface area contributed by atoms with E-state index in [9.17, 15) is 19.2 Å². The zero-order valence-corrected chi connectivity index (χ0v) is 22.1. The Kier molecular flexibility index (Phi) is 7.64. The number of hydrogen-bond donors (Lipinski definition) is 2. The van der Waals surface area contributed by atoms with Crippen molar-refractivity contribution in [3.8, 4) is 0 Å². The van der Waals surface area contributed by atoms with Crippen LogP contribution in [-0.2, 0) is 14.3 Å². The lowest BCUT2D eigenvalue weighted by molar-refractivity contribution is -0.120. The Balaban J connectivity index is 1.45. The van der Waals surface area contributed by atoms with E-state index in [2.05, 4.69) is 10.6 Å². The third kappa shape index (κ3) is 5.76. The summed E-state index contributed by atoms with van der Waals surface area (Å²) in [5.74, 6) is -2.05. The molecule has 8 nitrogen and oxygen atoms in total. The zero-order valence-electron chi connectivity index (χ0n) is 21.3. The number of anilines is 3. The monoisotopic (exact) mass is 531 g/mol. The number of carbonyl (C=O) groups is 4. The minimum absolute atomic E-state index is 0.0434. The van der Waals surface area contributed by atoms with Crippen LogP contribution in [-0.4, -0.2) is 29.8 Å². The molecule has 1 aliphatic rings. The molecule has 1 heterocycles. The topological polar surface area (TPSA) is 105 Å². The first-order valence-electron chi connectivity index (χ1n) is 11.9. The number of carbonyl (C=O) groups excluding carboxylic acids is 4. The summed E-state index contributed by atoms with van der Waals surface area (Å²) < 4.78 is 5.19. The number of amides is 3. The first-order valence-corrected chi connectivity index (χ1v) is 12.3. The molecule has 194 valence electrons. The maximum atomic E-state index is 13.1. The molecule has 9 heteroatoms. The molecule has 0 aliphatic carbocycles. The number of halogens is 1. The van der Waals surface area contributed by atoms with Gasteiger partial charge in [0, 0.05) is 16.9 Å². The van der Waals surface area contributed by atoms with E-state index in [0.29, 0.717) is 28.2 Å². The van der Waals surface area contributed by atoms with Crippen LogP contribution in [0.15, 0.2) is 77.5 Å². The van der Waals surface area contributed by atoms with Gasteiger partial charge in [-0.3, -0.25) is 14.4 Å². The second kappa shape index (κ2) is 10.9. The number of nitrogens with one attached hydrogen (secondary N) is 2. The van der Waals surface area contributed by atoms with Crippen molar-refractivity contribution < 1.29 is 23.9 Å². The summed E-state index contributed by atoms with van der Waals surface area (Å²) in [7, 11) is 0. The van der Waals surface area contributed by atoms with Crippen LogP contribution in [0.1, 0.15) is 45.7 Å². The molecule has 0 fully saturated rings. The summed E-state index contributed by atoms with van der Waals surface area (Å²) in [6.07, 6.45) is -0.258. The molecule has 38 heavy (non-hydrogen) atoms. The van der Waals surface area contributed by atoms with Gasteiger partial charge in [-0.25, -0.2) is 9.69 Å². The molecule has 2 N–H and O–H groups in total. The number of nitrogens with zero attached hydrogens (tertiary/aromatic N) is 1. The Bertz CT molecular complexity index is 1460. The maximum Gasteiger partial charge on any atom is 0.338 e. The van der Waals surface area contributed by atoms with Gasteiger partial charge >= 0.3 is 5.97 Å². The largest absolute Gasteiger partial charge is 0.459 e. The lowest BCUT2D eigenvalue weighted by Crippen LogP contribution is -2.32. The number of rotatable bonds is 7. The predicted molar refractivity (Wildman–Crippen MR) is 146 cm³/mol. The first-order chi connectivity index (χ1) is 18.0. The molecule has 0 radical (unpaired) electrons. The highest BCUT2D eigenvalue weighted by molar-refractivity contribution is 6.53. The normalized spacial score (nSPS) is 13.3. The second-order valence-electron chi connectivity index (χ2n) is 9.17. The minimum Gasteiger partial charge on any atom is -0.459 e. The smallest absolute Gasteiger partial charge is 0.338 e. The Morgan fingerprint density at radius 3 is 2.13 bits per heavy atom. The highest BCUT2D eigenvalue weighted by Crippen LogP contribution is 2.31. The molecule has 0 spiro atoms. The van der Waals surface area contributed by atoms with E-state index in [-0.39, 0.29) is 16.8 Å². The molecule has 0 saturated carbocycles. The molecule has 4 rings (SSSR count). The van der Waals surface area contributed by atoms with Gasteiger partial charge in [-0.15, -0.1) is 0 Å². The maximum absolute atomic E-state index is 13.1. The molecule has 0 unspecified atom stereocenters. The molecule has 3 amide bonds. The quantitative estimate of drug-likeness (QED) is 0.305. The molecule has 0 aromatic heterocycles. The van der Waals surface area contributed by atoms with Gasteiger partial charge in [0.2, 0.25) is 0 Å². The van der Waals surface area contributed by atoms with Crippen molar-refractivity contribution in [2.75, 3.05) is 15.5 Å². The Labute approximate surface area is 225 Å². The van der Waals surface area contributed by atoms with E-state index in [0.717, 1.165) is 16.0 Å². The van der Waals surface area contributed by atoms with E-state index in [4.69, 9.17) is 16.3 Å². The van der Waals surface area contributed by atoms with Gasteiger partial charge in [-0.05, 0) is 93.4 Å². The van der Waals surface area contributed by atoms with E-state index >= 15 is 0 Å². The number of hydrogen-bond acceptors (Lipinski definition) is 6. The fourth-order valence-corrected chi connectivity index (χ4v) is 4.20. The van der Waals surface area contributed by atoms with Gasteiger partial charge < -0.3 is 15.4 Å². The van der Waals surface area contributed by atoms with Crippen LogP contribution in [0.2, 0.25) is 0 Å².